The highest BCUT2D eigenvalue weighted by Crippen LogP contribution is 2.42. The Kier molecular flexibility index (Phi) is 7.80. The van der Waals surface area contributed by atoms with Gasteiger partial charge in [0.25, 0.3) is 5.91 Å². The molecule has 13 nitrogen and oxygen atoms in total. The second-order valence-corrected chi connectivity index (χ2v) is 8.94. The van der Waals surface area contributed by atoms with Gasteiger partial charge in [-0.2, -0.15) is 13.8 Å². The molecule has 4 rings (SSSR count). The monoisotopic (exact) mass is 536 g/mol. The number of hydrogen-bond donors (Lipinski definition) is 4. The maximum atomic E-state index is 14.4. The van der Waals surface area contributed by atoms with Gasteiger partial charge in [0.05, 0.1) is 6.61 Å². The Bertz CT molecular complexity index is 1260. The minimum atomic E-state index is -3.88. The molecule has 15 heteroatoms. The zero-order chi connectivity index (χ0) is 27.6. The van der Waals surface area contributed by atoms with Crippen LogP contribution in [0.25, 0.3) is 0 Å². The third kappa shape index (κ3) is 5.25. The van der Waals surface area contributed by atoms with Crippen molar-refractivity contribution in [3.63, 3.8) is 0 Å². The highest BCUT2D eigenvalue weighted by Gasteiger charge is 2.59. The minimum absolute atomic E-state index is 0.241. The molecule has 2 fully saturated rings. The van der Waals surface area contributed by atoms with Crippen LogP contribution >= 0.6 is 0 Å². The normalized spacial score (nSPS) is 25.1. The minimum Gasteiger partial charge on any atom is -0.394 e. The van der Waals surface area contributed by atoms with Crippen molar-refractivity contribution in [1.82, 2.24) is 24.8 Å². The Labute approximate surface area is 214 Å². The standard InChI is InChI=1S/C23H26F2N6O7/c1-12(27-18(34)13-4-7-26-8-5-13)20(36)30-9-2-3-14(30)19(35)28-16-6-10-31(22(37)29-16)21-23(24,25)17(33)15(11-32)38-21/h4-8,10,12,14-15,17,21,32-33H,2-3,9,11H2,1H3,(H,27,34)(H,28,29,35,37)/t12-,14+,15?,17?,21?/m1/s1. The van der Waals surface area contributed by atoms with Crippen LogP contribution < -0.4 is 16.3 Å². The number of hydrogen-bond acceptors (Lipinski definition) is 9. The summed E-state index contributed by atoms with van der Waals surface area (Å²) in [4.78, 5) is 59.5. The molecular formula is C23H26F2N6O7. The Morgan fingerprint density at radius 3 is 2.61 bits per heavy atom. The molecule has 204 valence electrons. The van der Waals surface area contributed by atoms with Crippen molar-refractivity contribution in [2.24, 2.45) is 0 Å². The lowest BCUT2D eigenvalue weighted by Crippen LogP contribution is -2.51. The van der Waals surface area contributed by atoms with Gasteiger partial charge in [0.1, 0.15) is 24.0 Å². The number of amides is 3. The van der Waals surface area contributed by atoms with Gasteiger partial charge in [-0.15, -0.1) is 0 Å². The van der Waals surface area contributed by atoms with Crippen LogP contribution in [0.4, 0.5) is 14.6 Å². The molecule has 3 amide bonds. The number of carbonyl (C=O) groups excluding carboxylic acids is 3. The number of anilines is 1. The summed E-state index contributed by atoms with van der Waals surface area (Å²) in [5.74, 6) is -5.72. The van der Waals surface area contributed by atoms with E-state index in [1.165, 1.54) is 36.4 Å². The van der Waals surface area contributed by atoms with Crippen LogP contribution in [0.1, 0.15) is 36.4 Å². The smallest absolute Gasteiger partial charge is 0.351 e. The van der Waals surface area contributed by atoms with Gasteiger partial charge in [-0.3, -0.25) is 23.9 Å². The molecule has 0 aliphatic carbocycles. The first-order valence-corrected chi connectivity index (χ1v) is 11.8. The molecule has 0 saturated carbocycles. The molecule has 4 heterocycles. The number of rotatable bonds is 7. The third-order valence-corrected chi connectivity index (χ3v) is 6.39. The molecule has 5 atom stereocenters. The summed E-state index contributed by atoms with van der Waals surface area (Å²) < 4.78 is 34.1. The summed E-state index contributed by atoms with van der Waals surface area (Å²) in [5, 5.41) is 23.8. The lowest BCUT2D eigenvalue weighted by Gasteiger charge is -2.27. The van der Waals surface area contributed by atoms with E-state index in [2.05, 4.69) is 20.6 Å². The molecule has 3 unspecified atom stereocenters. The van der Waals surface area contributed by atoms with E-state index in [1.807, 2.05) is 0 Å². The van der Waals surface area contributed by atoms with E-state index in [9.17, 15) is 33.1 Å². The molecule has 0 aromatic carbocycles. The summed E-state index contributed by atoms with van der Waals surface area (Å²) in [6.07, 6.45) is -1.48. The van der Waals surface area contributed by atoms with Gasteiger partial charge in [0.15, 0.2) is 6.10 Å². The highest BCUT2D eigenvalue weighted by atomic mass is 19.3. The van der Waals surface area contributed by atoms with E-state index >= 15 is 0 Å². The quantitative estimate of drug-likeness (QED) is 0.355. The molecule has 2 aliphatic rings. The predicted molar refractivity (Wildman–Crippen MR) is 125 cm³/mol. The van der Waals surface area contributed by atoms with Gasteiger partial charge in [0, 0.05) is 30.7 Å². The zero-order valence-electron chi connectivity index (χ0n) is 20.2. The van der Waals surface area contributed by atoms with Gasteiger partial charge in [-0.1, -0.05) is 0 Å². The SMILES string of the molecule is C[C@@H](NC(=O)c1ccncc1)C(=O)N1CCC[C@H]1C(=O)Nc1ccn(C2OC(CO)C(O)C2(F)F)c(=O)n1. The Morgan fingerprint density at radius 1 is 1.26 bits per heavy atom. The zero-order valence-corrected chi connectivity index (χ0v) is 20.2. The number of nitrogens with zero attached hydrogens (tertiary/aromatic N) is 4. The fourth-order valence-corrected chi connectivity index (χ4v) is 4.39. The van der Waals surface area contributed by atoms with Crippen LogP contribution in [0.2, 0.25) is 0 Å². The maximum Gasteiger partial charge on any atom is 0.351 e. The van der Waals surface area contributed by atoms with Gasteiger partial charge in [0.2, 0.25) is 18.0 Å². The Balaban J connectivity index is 1.41. The molecule has 2 aromatic rings. The van der Waals surface area contributed by atoms with E-state index in [0.717, 1.165) is 12.3 Å². The molecule has 2 aliphatic heterocycles. The van der Waals surface area contributed by atoms with Crippen molar-refractivity contribution in [3.05, 3.63) is 52.8 Å². The van der Waals surface area contributed by atoms with Crippen LogP contribution in [0.15, 0.2) is 41.6 Å². The summed E-state index contributed by atoms with van der Waals surface area (Å²) in [6, 6.07) is 2.24. The average Bonchev–Trinajstić information content (AvgIpc) is 3.47. The van der Waals surface area contributed by atoms with E-state index in [-0.39, 0.29) is 12.4 Å². The summed E-state index contributed by atoms with van der Waals surface area (Å²) in [7, 11) is 0. The van der Waals surface area contributed by atoms with Crippen molar-refractivity contribution in [1.29, 1.82) is 0 Å². The van der Waals surface area contributed by atoms with E-state index in [4.69, 9.17) is 9.84 Å². The lowest BCUT2D eigenvalue weighted by atomic mass is 10.1. The number of aliphatic hydroxyl groups excluding tert-OH is 2. The number of aromatic nitrogens is 3. The lowest BCUT2D eigenvalue weighted by molar-refractivity contribution is -0.141. The first-order valence-electron chi connectivity index (χ1n) is 11.8. The van der Waals surface area contributed by atoms with Crippen molar-refractivity contribution in [2.45, 2.75) is 56.2 Å². The summed E-state index contributed by atoms with van der Waals surface area (Å²) >= 11 is 0. The van der Waals surface area contributed by atoms with Crippen LogP contribution in [0.3, 0.4) is 0 Å². The number of aliphatic hydroxyl groups is 2. The number of likely N-dealkylation sites (tertiary alicyclic amines) is 1. The first kappa shape index (κ1) is 27.2. The molecular weight excluding hydrogens is 510 g/mol. The number of pyridine rings is 1. The van der Waals surface area contributed by atoms with Gasteiger partial charge in [-0.25, -0.2) is 4.79 Å². The number of ether oxygens (including phenoxy) is 1. The second kappa shape index (κ2) is 10.9. The number of nitrogens with one attached hydrogen (secondary N) is 2. The third-order valence-electron chi connectivity index (χ3n) is 6.39. The second-order valence-electron chi connectivity index (χ2n) is 8.94. The highest BCUT2D eigenvalue weighted by molar-refractivity contribution is 6.00. The van der Waals surface area contributed by atoms with Crippen molar-refractivity contribution in [3.8, 4) is 0 Å². The predicted octanol–water partition coefficient (Wildman–Crippen LogP) is -0.728. The molecule has 2 aromatic heterocycles. The molecule has 38 heavy (non-hydrogen) atoms. The van der Waals surface area contributed by atoms with Crippen molar-refractivity contribution < 1.29 is 38.1 Å². The number of carbonyl (C=O) groups is 3. The van der Waals surface area contributed by atoms with Gasteiger partial charge in [-0.05, 0) is 38.0 Å². The van der Waals surface area contributed by atoms with Crippen LogP contribution in [0.5, 0.6) is 0 Å². The molecule has 4 N–H and O–H groups in total. The van der Waals surface area contributed by atoms with Crippen molar-refractivity contribution >= 4 is 23.5 Å². The number of alkyl halides is 2. The van der Waals surface area contributed by atoms with E-state index in [1.54, 1.807) is 0 Å². The summed E-state index contributed by atoms with van der Waals surface area (Å²) in [6.45, 7) is 0.880. The molecule has 0 radical (unpaired) electrons. The fourth-order valence-electron chi connectivity index (χ4n) is 4.39. The topological polar surface area (TPSA) is 176 Å². The summed E-state index contributed by atoms with van der Waals surface area (Å²) in [5.41, 5.74) is -0.872. The largest absolute Gasteiger partial charge is 0.394 e. The number of halogens is 2. The van der Waals surface area contributed by atoms with E-state index in [0.29, 0.717) is 23.0 Å². The van der Waals surface area contributed by atoms with Crippen molar-refractivity contribution in [2.75, 3.05) is 18.5 Å². The van der Waals surface area contributed by atoms with E-state index < -0.39 is 66.5 Å². The maximum absolute atomic E-state index is 14.4. The van der Waals surface area contributed by atoms with Crippen LogP contribution in [0, 0.1) is 0 Å². The molecule has 2 saturated heterocycles. The molecule has 0 bridgehead atoms. The van der Waals surface area contributed by atoms with Crippen LogP contribution in [-0.2, 0) is 14.3 Å². The Hall–Kier alpha value is -3.82. The average molecular weight is 536 g/mol. The first-order chi connectivity index (χ1) is 18.0. The Morgan fingerprint density at radius 2 is 1.97 bits per heavy atom. The fraction of sp³-hybridized carbons (Fsp3) is 0.478. The van der Waals surface area contributed by atoms with Crippen LogP contribution in [-0.4, -0.2) is 90.7 Å². The molecule has 0 spiro atoms. The van der Waals surface area contributed by atoms with Gasteiger partial charge >= 0.3 is 11.6 Å². The van der Waals surface area contributed by atoms with Gasteiger partial charge < -0.3 is 30.5 Å².